The lowest BCUT2D eigenvalue weighted by Gasteiger charge is -2.28. The highest BCUT2D eigenvalue weighted by atomic mass is 79.9. The van der Waals surface area contributed by atoms with Crippen LogP contribution in [0.3, 0.4) is 0 Å². The van der Waals surface area contributed by atoms with Crippen LogP contribution < -0.4 is 0 Å². The molecule has 1 aliphatic rings. The Morgan fingerprint density at radius 2 is 1.88 bits per heavy atom. The molecule has 2 rings (SSSR count). The maximum atomic E-state index is 3.84. The van der Waals surface area contributed by atoms with Crippen molar-refractivity contribution >= 4 is 15.9 Å². The van der Waals surface area contributed by atoms with Gasteiger partial charge in [0, 0.05) is 4.47 Å². The highest BCUT2D eigenvalue weighted by Crippen LogP contribution is 2.39. The molecule has 0 aromatic heterocycles. The molecule has 1 fully saturated rings. The van der Waals surface area contributed by atoms with E-state index in [0.29, 0.717) is 0 Å². The van der Waals surface area contributed by atoms with Crippen molar-refractivity contribution in [2.75, 3.05) is 0 Å². The van der Waals surface area contributed by atoms with Gasteiger partial charge in [-0.25, -0.2) is 0 Å². The van der Waals surface area contributed by atoms with Crippen LogP contribution in [0.5, 0.6) is 0 Å². The maximum Gasteiger partial charge on any atom is 0.0210 e. The van der Waals surface area contributed by atoms with Crippen LogP contribution in [0.25, 0.3) is 0 Å². The zero-order valence-electron chi connectivity index (χ0n) is 9.66. The summed E-state index contributed by atoms with van der Waals surface area (Å²) in [6.45, 7) is 3.84. The Kier molecular flexibility index (Phi) is 4.22. The summed E-state index contributed by atoms with van der Waals surface area (Å²) >= 11 is 3.66. The zero-order chi connectivity index (χ0) is 11.4. The van der Waals surface area contributed by atoms with Gasteiger partial charge in [-0.1, -0.05) is 40.2 Å². The fourth-order valence-corrected chi connectivity index (χ4v) is 3.36. The molecule has 0 N–H and O–H groups in total. The van der Waals surface area contributed by atoms with Crippen LogP contribution in [0, 0.1) is 5.92 Å². The van der Waals surface area contributed by atoms with Gasteiger partial charge in [-0.15, -0.1) is 6.58 Å². The molecule has 1 aromatic rings. The number of halogens is 1. The van der Waals surface area contributed by atoms with Crippen molar-refractivity contribution in [3.8, 4) is 0 Å². The quantitative estimate of drug-likeness (QED) is 0.659. The summed E-state index contributed by atoms with van der Waals surface area (Å²) in [4.78, 5) is 0. The van der Waals surface area contributed by atoms with Crippen molar-refractivity contribution in [2.45, 2.75) is 38.0 Å². The second-order valence-electron chi connectivity index (χ2n) is 4.76. The molecule has 1 heteroatoms. The lowest BCUT2D eigenvalue weighted by atomic mass is 9.77. The number of benzene rings is 1. The number of hydrogen-bond donors (Lipinski definition) is 0. The molecule has 0 atom stereocenters. The van der Waals surface area contributed by atoms with Crippen LogP contribution in [0.2, 0.25) is 0 Å². The topological polar surface area (TPSA) is 0 Å². The molecular weight excluding hydrogens is 260 g/mol. The van der Waals surface area contributed by atoms with E-state index in [1.54, 1.807) is 0 Å². The van der Waals surface area contributed by atoms with Crippen LogP contribution in [-0.2, 0) is 0 Å². The molecule has 0 aliphatic heterocycles. The van der Waals surface area contributed by atoms with E-state index in [9.17, 15) is 0 Å². The monoisotopic (exact) mass is 278 g/mol. The summed E-state index contributed by atoms with van der Waals surface area (Å²) in [7, 11) is 0. The first-order chi connectivity index (χ1) is 7.81. The van der Waals surface area contributed by atoms with Gasteiger partial charge in [-0.2, -0.15) is 0 Å². The van der Waals surface area contributed by atoms with Crippen LogP contribution in [0.4, 0.5) is 0 Å². The van der Waals surface area contributed by atoms with Crippen LogP contribution in [0.15, 0.2) is 41.4 Å². The first-order valence-electron chi connectivity index (χ1n) is 6.16. The fourth-order valence-electron chi connectivity index (χ4n) is 2.75. The molecule has 0 saturated heterocycles. The first-order valence-corrected chi connectivity index (χ1v) is 6.96. The molecule has 1 saturated carbocycles. The molecule has 0 unspecified atom stereocenters. The van der Waals surface area contributed by atoms with Gasteiger partial charge >= 0.3 is 0 Å². The Bertz CT molecular complexity index is 348. The fraction of sp³-hybridized carbons (Fsp3) is 0.467. The van der Waals surface area contributed by atoms with E-state index in [-0.39, 0.29) is 0 Å². The minimum absolute atomic E-state index is 0.761. The molecular formula is C15H19Br. The third-order valence-electron chi connectivity index (χ3n) is 3.69. The Hall–Kier alpha value is -0.560. The largest absolute Gasteiger partial charge is 0.103 e. The Balaban J connectivity index is 1.99. The third kappa shape index (κ3) is 2.76. The number of hydrogen-bond acceptors (Lipinski definition) is 0. The molecule has 0 heterocycles. The first kappa shape index (κ1) is 11.9. The average molecular weight is 279 g/mol. The molecule has 16 heavy (non-hydrogen) atoms. The van der Waals surface area contributed by atoms with Gasteiger partial charge in [0.2, 0.25) is 0 Å². The van der Waals surface area contributed by atoms with Crippen molar-refractivity contribution in [3.05, 3.63) is 47.0 Å². The molecule has 0 spiro atoms. The summed E-state index contributed by atoms with van der Waals surface area (Å²) in [5.74, 6) is 1.65. The van der Waals surface area contributed by atoms with E-state index >= 15 is 0 Å². The molecule has 0 amide bonds. The summed E-state index contributed by atoms with van der Waals surface area (Å²) < 4.78 is 1.28. The van der Waals surface area contributed by atoms with E-state index in [2.05, 4.69) is 52.9 Å². The zero-order valence-corrected chi connectivity index (χ0v) is 11.2. The normalized spacial score (nSPS) is 25.3. The Morgan fingerprint density at radius 1 is 1.19 bits per heavy atom. The van der Waals surface area contributed by atoms with Crippen molar-refractivity contribution in [3.63, 3.8) is 0 Å². The number of rotatable bonds is 3. The van der Waals surface area contributed by atoms with Crippen molar-refractivity contribution in [1.29, 1.82) is 0 Å². The van der Waals surface area contributed by atoms with Gasteiger partial charge in [-0.05, 0) is 55.6 Å². The van der Waals surface area contributed by atoms with E-state index < -0.39 is 0 Å². The lowest BCUT2D eigenvalue weighted by Crippen LogP contribution is -2.13. The predicted molar refractivity (Wildman–Crippen MR) is 73.7 cm³/mol. The maximum absolute atomic E-state index is 3.84. The minimum atomic E-state index is 0.761. The molecule has 86 valence electrons. The van der Waals surface area contributed by atoms with Crippen LogP contribution >= 0.6 is 15.9 Å². The van der Waals surface area contributed by atoms with Gasteiger partial charge in [0.25, 0.3) is 0 Å². The van der Waals surface area contributed by atoms with Gasteiger partial charge in [0.15, 0.2) is 0 Å². The SMILES string of the molecule is C=CCC1CCC(c2ccccc2Br)CC1. The summed E-state index contributed by atoms with van der Waals surface area (Å²) in [6, 6.07) is 8.67. The minimum Gasteiger partial charge on any atom is -0.103 e. The lowest BCUT2D eigenvalue weighted by molar-refractivity contribution is 0.328. The summed E-state index contributed by atoms with van der Waals surface area (Å²) in [5, 5.41) is 0. The molecule has 0 radical (unpaired) electrons. The van der Waals surface area contributed by atoms with E-state index in [1.807, 2.05) is 0 Å². The Labute approximate surface area is 107 Å². The summed E-state index contributed by atoms with van der Waals surface area (Å²) in [5.41, 5.74) is 1.50. The van der Waals surface area contributed by atoms with Crippen LogP contribution in [-0.4, -0.2) is 0 Å². The van der Waals surface area contributed by atoms with E-state index in [0.717, 1.165) is 11.8 Å². The second-order valence-corrected chi connectivity index (χ2v) is 5.62. The highest BCUT2D eigenvalue weighted by molar-refractivity contribution is 9.10. The van der Waals surface area contributed by atoms with E-state index in [4.69, 9.17) is 0 Å². The van der Waals surface area contributed by atoms with Crippen molar-refractivity contribution < 1.29 is 0 Å². The van der Waals surface area contributed by atoms with Crippen molar-refractivity contribution in [1.82, 2.24) is 0 Å². The van der Waals surface area contributed by atoms with Crippen molar-refractivity contribution in [2.24, 2.45) is 5.92 Å². The van der Waals surface area contributed by atoms with Gasteiger partial charge in [-0.3, -0.25) is 0 Å². The smallest absolute Gasteiger partial charge is 0.0210 e. The van der Waals surface area contributed by atoms with Crippen LogP contribution in [0.1, 0.15) is 43.6 Å². The standard InChI is InChI=1S/C15H19Br/c1-2-5-12-8-10-13(11-9-12)14-6-3-4-7-15(14)16/h2-4,6-7,12-13H,1,5,8-11H2. The molecule has 0 bridgehead atoms. The van der Waals surface area contributed by atoms with Gasteiger partial charge < -0.3 is 0 Å². The van der Waals surface area contributed by atoms with E-state index in [1.165, 1.54) is 42.1 Å². The van der Waals surface area contributed by atoms with Gasteiger partial charge in [0.05, 0.1) is 0 Å². The number of allylic oxidation sites excluding steroid dienone is 1. The molecule has 1 aliphatic carbocycles. The van der Waals surface area contributed by atoms with Gasteiger partial charge in [0.1, 0.15) is 0 Å². The average Bonchev–Trinajstić information content (AvgIpc) is 2.31. The highest BCUT2D eigenvalue weighted by Gasteiger charge is 2.22. The Morgan fingerprint density at radius 3 is 2.50 bits per heavy atom. The summed E-state index contributed by atoms with van der Waals surface area (Å²) in [6.07, 6.45) is 8.66. The second kappa shape index (κ2) is 5.67. The molecule has 1 aromatic carbocycles. The third-order valence-corrected chi connectivity index (χ3v) is 4.41. The molecule has 0 nitrogen and oxygen atoms in total. The predicted octanol–water partition coefficient (Wildman–Crippen LogP) is 5.30.